The quantitative estimate of drug-likeness (QED) is 0.803. The van der Waals surface area contributed by atoms with Crippen LogP contribution in [0.2, 0.25) is 0 Å². The van der Waals surface area contributed by atoms with Crippen molar-refractivity contribution in [3.63, 3.8) is 0 Å². The maximum atomic E-state index is 11.8. The van der Waals surface area contributed by atoms with Crippen LogP contribution in [0.4, 0.5) is 16.2 Å². The van der Waals surface area contributed by atoms with E-state index >= 15 is 0 Å². The molecule has 2 aromatic rings. The van der Waals surface area contributed by atoms with Crippen LogP contribution in [0.3, 0.4) is 0 Å². The van der Waals surface area contributed by atoms with E-state index in [1.54, 1.807) is 19.9 Å². The number of benzene rings is 1. The Labute approximate surface area is 121 Å². The minimum Gasteiger partial charge on any atom is -0.478 e. The molecule has 2 rings (SSSR count). The van der Waals surface area contributed by atoms with Gasteiger partial charge in [0.1, 0.15) is 6.33 Å². The number of hydrogen-bond donors (Lipinski definition) is 3. The number of aromatic carboxylic acids is 1. The van der Waals surface area contributed by atoms with Gasteiger partial charge in [0.25, 0.3) is 0 Å². The van der Waals surface area contributed by atoms with Crippen molar-refractivity contribution >= 4 is 23.4 Å². The molecule has 0 radical (unpaired) electrons. The van der Waals surface area contributed by atoms with Crippen molar-refractivity contribution in [3.8, 4) is 0 Å². The number of hydrogen-bond acceptors (Lipinski definition) is 4. The van der Waals surface area contributed by atoms with Crippen molar-refractivity contribution in [2.75, 3.05) is 10.6 Å². The Kier molecular flexibility index (Phi) is 4.13. The van der Waals surface area contributed by atoms with E-state index in [2.05, 4.69) is 20.6 Å². The second-order valence-corrected chi connectivity index (χ2v) is 4.48. The van der Waals surface area contributed by atoms with E-state index in [1.807, 2.05) is 0 Å². The van der Waals surface area contributed by atoms with Crippen LogP contribution in [-0.2, 0) is 0 Å². The zero-order chi connectivity index (χ0) is 15.4. The van der Waals surface area contributed by atoms with Crippen LogP contribution in [0.15, 0.2) is 30.9 Å². The molecule has 7 heteroatoms. The Bertz CT molecular complexity index is 686. The molecule has 1 heterocycles. The van der Waals surface area contributed by atoms with Gasteiger partial charge < -0.3 is 15.7 Å². The summed E-state index contributed by atoms with van der Waals surface area (Å²) in [6.07, 6.45) is 4.26. The van der Waals surface area contributed by atoms with Crippen LogP contribution in [0.25, 0.3) is 0 Å². The Morgan fingerprint density at radius 3 is 2.29 bits per heavy atom. The number of nitrogens with zero attached hydrogens (tertiary/aromatic N) is 2. The smallest absolute Gasteiger partial charge is 0.336 e. The van der Waals surface area contributed by atoms with Gasteiger partial charge in [0.15, 0.2) is 0 Å². The molecule has 3 N–H and O–H groups in total. The lowest BCUT2D eigenvalue weighted by Gasteiger charge is -2.11. The molecule has 0 saturated heterocycles. The van der Waals surface area contributed by atoms with Crippen molar-refractivity contribution in [3.05, 3.63) is 47.5 Å². The maximum absolute atomic E-state index is 11.8. The molecular weight excluding hydrogens is 272 g/mol. The molecule has 0 aliphatic carbocycles. The lowest BCUT2D eigenvalue weighted by Crippen LogP contribution is -2.20. The number of urea groups is 1. The molecular formula is C14H14N4O3. The first kappa shape index (κ1) is 14.4. The number of carbonyl (C=O) groups is 2. The fraction of sp³-hybridized carbons (Fsp3) is 0.143. The minimum atomic E-state index is -1.03. The molecule has 0 saturated carbocycles. The van der Waals surface area contributed by atoms with Crippen LogP contribution in [0, 0.1) is 13.8 Å². The van der Waals surface area contributed by atoms with E-state index in [-0.39, 0.29) is 5.56 Å². The summed E-state index contributed by atoms with van der Waals surface area (Å²) in [5.74, 6) is -1.03. The van der Waals surface area contributed by atoms with Gasteiger partial charge in [-0.2, -0.15) is 0 Å². The third-order valence-corrected chi connectivity index (χ3v) is 2.97. The zero-order valence-corrected chi connectivity index (χ0v) is 11.5. The molecule has 0 bridgehead atoms. The van der Waals surface area contributed by atoms with E-state index in [9.17, 15) is 9.59 Å². The highest BCUT2D eigenvalue weighted by Crippen LogP contribution is 2.20. The van der Waals surface area contributed by atoms with Crippen LogP contribution >= 0.6 is 0 Å². The summed E-state index contributed by atoms with van der Waals surface area (Å²) in [6, 6.07) is 2.64. The zero-order valence-electron chi connectivity index (χ0n) is 11.5. The molecule has 0 spiro atoms. The molecule has 0 fully saturated rings. The summed E-state index contributed by atoms with van der Waals surface area (Å²) < 4.78 is 0. The van der Waals surface area contributed by atoms with Gasteiger partial charge in [0.2, 0.25) is 0 Å². The molecule has 21 heavy (non-hydrogen) atoms. The molecule has 2 amide bonds. The minimum absolute atomic E-state index is 0.161. The maximum Gasteiger partial charge on any atom is 0.336 e. The van der Waals surface area contributed by atoms with E-state index in [0.29, 0.717) is 16.9 Å². The van der Waals surface area contributed by atoms with E-state index in [1.165, 1.54) is 24.8 Å². The number of rotatable bonds is 3. The second-order valence-electron chi connectivity index (χ2n) is 4.48. The first-order valence-corrected chi connectivity index (χ1v) is 6.15. The van der Waals surface area contributed by atoms with Gasteiger partial charge in [0.05, 0.1) is 23.6 Å². The Hall–Kier alpha value is -2.96. The first-order valence-electron chi connectivity index (χ1n) is 6.15. The highest BCUT2D eigenvalue weighted by atomic mass is 16.4. The van der Waals surface area contributed by atoms with Crippen molar-refractivity contribution in [2.24, 2.45) is 0 Å². The fourth-order valence-corrected chi connectivity index (χ4v) is 1.81. The van der Waals surface area contributed by atoms with Crippen molar-refractivity contribution < 1.29 is 14.7 Å². The predicted octanol–water partition coefficient (Wildman–Crippen LogP) is 2.44. The number of nitrogens with one attached hydrogen (secondary N) is 2. The molecule has 1 aromatic heterocycles. The van der Waals surface area contributed by atoms with Gasteiger partial charge >= 0.3 is 12.0 Å². The van der Waals surface area contributed by atoms with E-state index in [4.69, 9.17) is 5.11 Å². The Morgan fingerprint density at radius 1 is 1.05 bits per heavy atom. The third kappa shape index (κ3) is 3.53. The van der Waals surface area contributed by atoms with Crippen molar-refractivity contribution in [1.82, 2.24) is 9.97 Å². The van der Waals surface area contributed by atoms with Gasteiger partial charge in [-0.1, -0.05) is 0 Å². The summed E-state index contributed by atoms with van der Waals surface area (Å²) in [6.45, 7) is 3.51. The van der Waals surface area contributed by atoms with Gasteiger partial charge in [-0.05, 0) is 37.1 Å². The molecule has 1 aromatic carbocycles. The van der Waals surface area contributed by atoms with Crippen LogP contribution in [0.1, 0.15) is 21.5 Å². The topological polar surface area (TPSA) is 104 Å². The average molecular weight is 286 g/mol. The summed E-state index contributed by atoms with van der Waals surface area (Å²) in [5, 5.41) is 14.3. The highest BCUT2D eigenvalue weighted by molar-refractivity contribution is 6.00. The summed E-state index contributed by atoms with van der Waals surface area (Å²) in [4.78, 5) is 30.5. The molecule has 0 atom stereocenters. The van der Waals surface area contributed by atoms with Gasteiger partial charge in [0, 0.05) is 5.69 Å². The monoisotopic (exact) mass is 286 g/mol. The van der Waals surface area contributed by atoms with Gasteiger partial charge in [-0.25, -0.2) is 19.6 Å². The number of anilines is 2. The SMILES string of the molecule is Cc1cc(NC(=O)Nc2cncnc2)cc(C(=O)O)c1C. The number of carboxylic acids is 1. The molecule has 7 nitrogen and oxygen atoms in total. The predicted molar refractivity (Wildman–Crippen MR) is 77.5 cm³/mol. The largest absolute Gasteiger partial charge is 0.478 e. The summed E-state index contributed by atoms with van der Waals surface area (Å²) in [5.41, 5.74) is 2.47. The fourth-order valence-electron chi connectivity index (χ4n) is 1.81. The summed E-state index contributed by atoms with van der Waals surface area (Å²) >= 11 is 0. The van der Waals surface area contributed by atoms with E-state index in [0.717, 1.165) is 5.56 Å². The van der Waals surface area contributed by atoms with Crippen LogP contribution in [-0.4, -0.2) is 27.1 Å². The van der Waals surface area contributed by atoms with Crippen molar-refractivity contribution in [1.29, 1.82) is 0 Å². The normalized spacial score (nSPS) is 10.0. The lowest BCUT2D eigenvalue weighted by molar-refractivity contribution is 0.0696. The number of carboxylic acid groups (broad SMARTS) is 1. The Morgan fingerprint density at radius 2 is 1.67 bits per heavy atom. The molecule has 108 valence electrons. The van der Waals surface area contributed by atoms with Crippen LogP contribution in [0.5, 0.6) is 0 Å². The average Bonchev–Trinajstić information content (AvgIpc) is 2.43. The third-order valence-electron chi connectivity index (χ3n) is 2.97. The molecule has 0 aliphatic heterocycles. The van der Waals surface area contributed by atoms with Crippen LogP contribution < -0.4 is 10.6 Å². The van der Waals surface area contributed by atoms with Gasteiger partial charge in [-0.15, -0.1) is 0 Å². The highest BCUT2D eigenvalue weighted by Gasteiger charge is 2.12. The Balaban J connectivity index is 2.16. The number of aryl methyl sites for hydroxylation is 1. The molecule has 0 unspecified atom stereocenters. The molecule has 0 aliphatic rings. The number of aromatic nitrogens is 2. The van der Waals surface area contributed by atoms with Crippen molar-refractivity contribution in [2.45, 2.75) is 13.8 Å². The number of carbonyl (C=O) groups excluding carboxylic acids is 1. The standard InChI is InChI=1S/C14H14N4O3/c1-8-3-10(4-12(9(8)2)13(19)20)17-14(21)18-11-5-15-7-16-6-11/h3-7H,1-2H3,(H,19,20)(H2,17,18,21). The van der Waals surface area contributed by atoms with Gasteiger partial charge in [-0.3, -0.25) is 0 Å². The first-order chi connectivity index (χ1) is 9.97. The summed E-state index contributed by atoms with van der Waals surface area (Å²) in [7, 11) is 0. The second kappa shape index (κ2) is 6.00. The van der Waals surface area contributed by atoms with E-state index < -0.39 is 12.0 Å². The number of amides is 2. The lowest BCUT2D eigenvalue weighted by atomic mass is 10.0.